The summed E-state index contributed by atoms with van der Waals surface area (Å²) in [5.41, 5.74) is 5.42. The van der Waals surface area contributed by atoms with Gasteiger partial charge in [0.2, 0.25) is 17.7 Å². The molecular formula is C50H52F2N10O5S. The zero-order chi connectivity index (χ0) is 47.0. The van der Waals surface area contributed by atoms with E-state index in [-0.39, 0.29) is 65.1 Å². The molecule has 3 N–H and O–H groups in total. The summed E-state index contributed by atoms with van der Waals surface area (Å²) in [4.78, 5) is 82.0. The Morgan fingerprint density at radius 2 is 1.71 bits per heavy atom. The van der Waals surface area contributed by atoms with Crippen molar-refractivity contribution in [1.82, 2.24) is 34.6 Å². The molecule has 5 amide bonds. The van der Waals surface area contributed by atoms with Gasteiger partial charge in [0, 0.05) is 96.4 Å². The predicted octanol–water partition coefficient (Wildman–Crippen LogP) is 6.09. The highest BCUT2D eigenvalue weighted by atomic mass is 32.1. The first kappa shape index (κ1) is 44.0. The highest BCUT2D eigenvalue weighted by molar-refractivity contribution is 7.13. The van der Waals surface area contributed by atoms with E-state index in [0.29, 0.717) is 66.5 Å². The lowest BCUT2D eigenvalue weighted by Gasteiger charge is -2.61. The van der Waals surface area contributed by atoms with Gasteiger partial charge in [-0.3, -0.25) is 39.5 Å². The molecule has 0 aliphatic carbocycles. The van der Waals surface area contributed by atoms with Crippen LogP contribution in [0.15, 0.2) is 72.5 Å². The van der Waals surface area contributed by atoms with Crippen LogP contribution in [-0.4, -0.2) is 110 Å². The number of imide groups is 1. The number of nitrogens with zero attached hydrogens (tertiary/aromatic N) is 7. The summed E-state index contributed by atoms with van der Waals surface area (Å²) < 4.78 is 33.5. The number of aromatic nitrogens is 3. The molecule has 0 radical (unpaired) electrons. The van der Waals surface area contributed by atoms with Crippen molar-refractivity contribution in [2.24, 2.45) is 5.41 Å². The Morgan fingerprint density at radius 3 is 2.43 bits per heavy atom. The molecule has 15 nitrogen and oxygen atoms in total. The molecule has 0 bridgehead atoms. The van der Waals surface area contributed by atoms with Crippen LogP contribution in [0.5, 0.6) is 0 Å². The SMILES string of the molecule is CC1CC(c2ccc(NC3CCC(=O)NC3=O)cc2F)CC(C)N1CC(=O)N1CC2(C1)CN(c1ccc(-c3cc(F)c4c(c3)C(=O)N(C(C(=O)Nc3nccs3)c3ncn5c3CCC5)C4)cc1)C2. The van der Waals surface area contributed by atoms with Gasteiger partial charge >= 0.3 is 0 Å². The number of carbonyl (C=O) groups excluding carboxylic acids is 5. The van der Waals surface area contributed by atoms with Crippen LogP contribution in [0.2, 0.25) is 0 Å². The van der Waals surface area contributed by atoms with Crippen LogP contribution in [0.25, 0.3) is 11.1 Å². The Labute approximate surface area is 395 Å². The van der Waals surface area contributed by atoms with E-state index < -0.39 is 35.6 Å². The van der Waals surface area contributed by atoms with E-state index in [4.69, 9.17) is 0 Å². The Morgan fingerprint density at radius 1 is 0.926 bits per heavy atom. The molecule has 5 aromatic rings. The minimum absolute atomic E-state index is 0.00804. The quantitative estimate of drug-likeness (QED) is 0.132. The Kier molecular flexibility index (Phi) is 11.1. The Bertz CT molecular complexity index is 2830. The lowest BCUT2D eigenvalue weighted by atomic mass is 9.72. The molecule has 0 saturated carbocycles. The number of likely N-dealkylation sites (tertiary alicyclic amines) is 2. The summed E-state index contributed by atoms with van der Waals surface area (Å²) in [6, 6.07) is 14.6. The first-order valence-electron chi connectivity index (χ1n) is 23.5. The van der Waals surface area contributed by atoms with Crippen molar-refractivity contribution in [3.05, 3.63) is 112 Å². The maximum Gasteiger partial charge on any atom is 0.255 e. The normalized spacial score (nSPS) is 23.5. The number of carbonyl (C=O) groups is 5. The number of thiazole rings is 1. The maximum atomic E-state index is 16.0. The largest absolute Gasteiger partial charge is 0.374 e. The first-order valence-corrected chi connectivity index (χ1v) is 24.3. The van der Waals surface area contributed by atoms with Crippen LogP contribution < -0.4 is 20.9 Å². The standard InChI is InChI=1S/C50H52F2N10O5S/c1-28-16-32(35-10-7-33(20-39(35)52)55-40-11-12-42(63)56-46(40)65)17-29(2)61(28)22-43(64)60-25-50(26-60)23-59(24-50)34-8-5-30(6-9-34)31-18-36-37(38(51)19-31)21-62(48(36)67)45(47(66)57-49-53-13-15-68-49)44-41-4-3-14-58(41)27-54-44/h5-10,13,15,18-20,27-29,32,40,45,55H,3-4,11-12,14,16-17,21-26H2,1-2H3,(H,53,57,66)(H,56,63,65). The van der Waals surface area contributed by atoms with E-state index in [2.05, 4.69) is 49.6 Å². The minimum atomic E-state index is -1.06. The minimum Gasteiger partial charge on any atom is -0.374 e. The van der Waals surface area contributed by atoms with Gasteiger partial charge in [-0.25, -0.2) is 18.7 Å². The molecule has 2 aromatic heterocycles. The molecule has 8 heterocycles. The predicted molar refractivity (Wildman–Crippen MR) is 251 cm³/mol. The molecule has 1 spiro atoms. The third kappa shape index (κ3) is 7.99. The number of fused-ring (bicyclic) bond motifs is 2. The number of imidazole rings is 1. The zero-order valence-electron chi connectivity index (χ0n) is 37.8. The molecule has 4 unspecified atom stereocenters. The molecule has 4 atom stereocenters. The van der Waals surface area contributed by atoms with Crippen LogP contribution in [0.3, 0.4) is 0 Å². The van der Waals surface area contributed by atoms with E-state index in [0.717, 1.165) is 49.4 Å². The van der Waals surface area contributed by atoms with Crippen molar-refractivity contribution < 1.29 is 32.8 Å². The third-order valence-corrected chi connectivity index (χ3v) is 15.7. The van der Waals surface area contributed by atoms with Crippen molar-refractivity contribution >= 4 is 57.4 Å². The Hall–Kier alpha value is -6.53. The monoisotopic (exact) mass is 942 g/mol. The van der Waals surface area contributed by atoms with Gasteiger partial charge in [-0.2, -0.15) is 0 Å². The van der Waals surface area contributed by atoms with Gasteiger partial charge in [-0.15, -0.1) is 11.3 Å². The van der Waals surface area contributed by atoms with Gasteiger partial charge in [0.05, 0.1) is 25.1 Å². The second kappa shape index (κ2) is 17.2. The second-order valence-electron chi connectivity index (χ2n) is 19.6. The smallest absolute Gasteiger partial charge is 0.255 e. The summed E-state index contributed by atoms with van der Waals surface area (Å²) >= 11 is 1.27. The van der Waals surface area contributed by atoms with Crippen LogP contribution >= 0.6 is 11.3 Å². The fraction of sp³-hybridized carbons (Fsp3) is 0.420. The summed E-state index contributed by atoms with van der Waals surface area (Å²) in [7, 11) is 0. The number of anilines is 3. The number of hydrogen-bond acceptors (Lipinski definition) is 11. The average Bonchev–Trinajstić information content (AvgIpc) is 4.11. The first-order chi connectivity index (χ1) is 32.8. The van der Waals surface area contributed by atoms with Crippen LogP contribution in [0, 0.1) is 17.0 Å². The number of piperidine rings is 2. The van der Waals surface area contributed by atoms with Gasteiger partial charge in [-0.05, 0) is 105 Å². The van der Waals surface area contributed by atoms with E-state index in [9.17, 15) is 24.0 Å². The van der Waals surface area contributed by atoms with E-state index in [1.54, 1.807) is 36.1 Å². The molecule has 4 fully saturated rings. The topological polar surface area (TPSA) is 165 Å². The molecule has 18 heteroatoms. The van der Waals surface area contributed by atoms with Gasteiger partial charge in [0.15, 0.2) is 11.2 Å². The Balaban J connectivity index is 0.681. The lowest BCUT2D eigenvalue weighted by Crippen LogP contribution is -2.73. The molecule has 6 aliphatic rings. The number of rotatable bonds is 11. The van der Waals surface area contributed by atoms with Crippen LogP contribution in [-0.2, 0) is 38.7 Å². The zero-order valence-corrected chi connectivity index (χ0v) is 38.7. The molecule has 6 aliphatic heterocycles. The van der Waals surface area contributed by atoms with Crippen molar-refractivity contribution in [3.8, 4) is 11.1 Å². The van der Waals surface area contributed by atoms with Crippen LogP contribution in [0.4, 0.5) is 25.3 Å². The molecular weight excluding hydrogens is 891 g/mol. The van der Waals surface area contributed by atoms with Gasteiger partial charge in [-0.1, -0.05) is 18.2 Å². The average molecular weight is 943 g/mol. The summed E-state index contributed by atoms with van der Waals surface area (Å²) in [6.45, 7) is 8.27. The number of hydrogen-bond donors (Lipinski definition) is 3. The van der Waals surface area contributed by atoms with E-state index >= 15 is 8.78 Å². The molecule has 11 rings (SSSR count). The lowest BCUT2D eigenvalue weighted by molar-refractivity contribution is -0.148. The highest BCUT2D eigenvalue weighted by Crippen LogP contribution is 2.44. The highest BCUT2D eigenvalue weighted by Gasteiger charge is 2.53. The van der Waals surface area contributed by atoms with Crippen molar-refractivity contribution in [2.45, 2.75) is 95.5 Å². The number of halogens is 2. The molecule has 352 valence electrons. The number of benzene rings is 3. The van der Waals surface area contributed by atoms with Crippen LogP contribution in [0.1, 0.15) is 90.8 Å². The van der Waals surface area contributed by atoms with Crippen molar-refractivity contribution in [2.75, 3.05) is 48.3 Å². The number of aryl methyl sites for hydroxylation is 1. The van der Waals surface area contributed by atoms with Gasteiger partial charge in [0.25, 0.3) is 11.8 Å². The third-order valence-electron chi connectivity index (χ3n) is 15.0. The van der Waals surface area contributed by atoms with Crippen molar-refractivity contribution in [1.29, 1.82) is 0 Å². The number of amides is 5. The maximum absolute atomic E-state index is 16.0. The fourth-order valence-electron chi connectivity index (χ4n) is 11.5. The van der Waals surface area contributed by atoms with Crippen molar-refractivity contribution in [3.63, 3.8) is 0 Å². The van der Waals surface area contributed by atoms with E-state index in [1.807, 2.05) is 33.7 Å². The van der Waals surface area contributed by atoms with E-state index in [1.165, 1.54) is 28.4 Å². The second-order valence-corrected chi connectivity index (χ2v) is 20.5. The van der Waals surface area contributed by atoms with Gasteiger partial charge < -0.3 is 24.6 Å². The summed E-state index contributed by atoms with van der Waals surface area (Å²) in [5.74, 6) is -2.31. The molecule has 68 heavy (non-hydrogen) atoms. The number of nitrogens with one attached hydrogen (secondary N) is 3. The summed E-state index contributed by atoms with van der Waals surface area (Å²) in [6.07, 6.45) is 6.98. The molecule has 4 saturated heterocycles. The fourth-order valence-corrected chi connectivity index (χ4v) is 12.1. The van der Waals surface area contributed by atoms with Gasteiger partial charge in [0.1, 0.15) is 17.7 Å². The summed E-state index contributed by atoms with van der Waals surface area (Å²) in [5, 5.41) is 10.4. The molecule has 3 aromatic carbocycles.